The predicted octanol–water partition coefficient (Wildman–Crippen LogP) is 8.38. The first-order valence-corrected chi connectivity index (χ1v) is 14.0. The van der Waals surface area contributed by atoms with Crippen LogP contribution < -0.4 is 0 Å². The lowest BCUT2D eigenvalue weighted by atomic mass is 10.1. The van der Waals surface area contributed by atoms with Crippen LogP contribution in [0.3, 0.4) is 0 Å². The Labute approximate surface area is 227 Å². The molecule has 0 bridgehead atoms. The van der Waals surface area contributed by atoms with Crippen LogP contribution in [0.4, 0.5) is 5.69 Å². The zero-order chi connectivity index (χ0) is 25.5. The molecule has 1 fully saturated rings. The van der Waals surface area contributed by atoms with E-state index in [1.807, 2.05) is 47.4 Å². The van der Waals surface area contributed by atoms with Gasteiger partial charge in [-0.25, -0.2) is 4.99 Å². The molecule has 0 N–H and O–H groups in total. The number of amides is 1. The largest absolute Gasteiger partial charge is 0.286 e. The van der Waals surface area contributed by atoms with Crippen LogP contribution in [0.1, 0.15) is 23.1 Å². The molecule has 3 nitrogen and oxygen atoms in total. The highest BCUT2D eigenvalue weighted by Gasteiger charge is 2.33. The van der Waals surface area contributed by atoms with Gasteiger partial charge in [-0.05, 0) is 85.1 Å². The van der Waals surface area contributed by atoms with Gasteiger partial charge in [0.25, 0.3) is 5.91 Å². The second kappa shape index (κ2) is 12.1. The van der Waals surface area contributed by atoms with Gasteiger partial charge in [0, 0.05) is 16.3 Å². The SMILES string of the molecule is Cc1ccc(Sc2ccc(/C=C3\SC(=Nc4ccccc4)N(CCCc4ccccc4)C3=O)cc2)cc1. The van der Waals surface area contributed by atoms with Gasteiger partial charge < -0.3 is 0 Å². The van der Waals surface area contributed by atoms with E-state index in [9.17, 15) is 4.79 Å². The van der Waals surface area contributed by atoms with E-state index in [0.717, 1.165) is 29.3 Å². The van der Waals surface area contributed by atoms with Crippen molar-refractivity contribution in [2.45, 2.75) is 29.6 Å². The molecule has 1 aliphatic rings. The Morgan fingerprint density at radius 1 is 0.811 bits per heavy atom. The van der Waals surface area contributed by atoms with Gasteiger partial charge >= 0.3 is 0 Å². The van der Waals surface area contributed by atoms with Crippen LogP contribution in [0.5, 0.6) is 0 Å². The first-order valence-electron chi connectivity index (χ1n) is 12.4. The van der Waals surface area contributed by atoms with Crippen molar-refractivity contribution in [2.75, 3.05) is 6.54 Å². The van der Waals surface area contributed by atoms with Crippen LogP contribution in [0.25, 0.3) is 6.08 Å². The molecule has 0 unspecified atom stereocenters. The molecular formula is C32H28N2OS2. The quantitative estimate of drug-likeness (QED) is 0.219. The number of nitrogens with zero attached hydrogens (tertiary/aromatic N) is 2. The molecule has 0 saturated carbocycles. The van der Waals surface area contributed by atoms with E-state index in [1.165, 1.54) is 32.7 Å². The van der Waals surface area contributed by atoms with Gasteiger partial charge in [0.05, 0.1) is 10.6 Å². The third-order valence-electron chi connectivity index (χ3n) is 5.99. The minimum atomic E-state index is 0.0193. The summed E-state index contributed by atoms with van der Waals surface area (Å²) in [4.78, 5) is 23.2. The second-order valence-corrected chi connectivity index (χ2v) is 11.0. The maximum absolute atomic E-state index is 13.4. The Kier molecular flexibility index (Phi) is 8.24. The van der Waals surface area contributed by atoms with E-state index in [-0.39, 0.29) is 5.91 Å². The van der Waals surface area contributed by atoms with Crippen LogP contribution in [0.15, 0.2) is 129 Å². The molecule has 184 valence electrons. The molecule has 4 aromatic rings. The third-order valence-corrected chi connectivity index (χ3v) is 8.02. The fraction of sp³-hybridized carbons (Fsp3) is 0.125. The van der Waals surface area contributed by atoms with Crippen LogP contribution in [0.2, 0.25) is 0 Å². The molecule has 0 atom stereocenters. The molecule has 4 aromatic carbocycles. The Balaban J connectivity index is 1.32. The number of hydrogen-bond acceptors (Lipinski definition) is 4. The summed E-state index contributed by atoms with van der Waals surface area (Å²) in [7, 11) is 0. The van der Waals surface area contributed by atoms with Crippen LogP contribution in [-0.2, 0) is 11.2 Å². The molecule has 1 aliphatic heterocycles. The number of amidine groups is 1. The Hall–Kier alpha value is -3.54. The van der Waals surface area contributed by atoms with Crippen molar-refractivity contribution in [1.82, 2.24) is 4.90 Å². The molecule has 1 heterocycles. The minimum absolute atomic E-state index is 0.0193. The summed E-state index contributed by atoms with van der Waals surface area (Å²) in [6.45, 7) is 2.73. The number of hydrogen-bond donors (Lipinski definition) is 0. The zero-order valence-corrected chi connectivity index (χ0v) is 22.3. The summed E-state index contributed by atoms with van der Waals surface area (Å²) in [5, 5.41) is 0.738. The number of carbonyl (C=O) groups excluding carboxylic acids is 1. The van der Waals surface area contributed by atoms with E-state index in [0.29, 0.717) is 11.4 Å². The molecular weight excluding hydrogens is 492 g/mol. The molecule has 0 aromatic heterocycles. The Morgan fingerprint density at radius 3 is 2.11 bits per heavy atom. The molecule has 1 saturated heterocycles. The highest BCUT2D eigenvalue weighted by atomic mass is 32.2. The van der Waals surface area contributed by atoms with Gasteiger partial charge in [-0.1, -0.05) is 90.1 Å². The van der Waals surface area contributed by atoms with Gasteiger partial charge in [-0.3, -0.25) is 9.69 Å². The monoisotopic (exact) mass is 520 g/mol. The third kappa shape index (κ3) is 6.82. The van der Waals surface area contributed by atoms with Crippen LogP contribution >= 0.6 is 23.5 Å². The average Bonchev–Trinajstić information content (AvgIpc) is 3.21. The lowest BCUT2D eigenvalue weighted by Gasteiger charge is -2.15. The number of carbonyl (C=O) groups is 1. The molecule has 5 heteroatoms. The lowest BCUT2D eigenvalue weighted by Crippen LogP contribution is -2.30. The van der Waals surface area contributed by atoms with E-state index in [2.05, 4.69) is 79.7 Å². The molecule has 37 heavy (non-hydrogen) atoms. The molecule has 0 spiro atoms. The molecule has 0 radical (unpaired) electrons. The van der Waals surface area contributed by atoms with Crippen molar-refractivity contribution in [2.24, 2.45) is 4.99 Å². The fourth-order valence-corrected chi connectivity index (χ4v) is 5.85. The molecule has 5 rings (SSSR count). The topological polar surface area (TPSA) is 32.7 Å². The number of aryl methyl sites for hydroxylation is 2. The molecule has 1 amide bonds. The summed E-state index contributed by atoms with van der Waals surface area (Å²) in [5.74, 6) is 0.0193. The number of thioether (sulfide) groups is 1. The predicted molar refractivity (Wildman–Crippen MR) is 157 cm³/mol. The Bertz CT molecular complexity index is 1400. The fourth-order valence-electron chi connectivity index (χ4n) is 4.01. The Morgan fingerprint density at radius 2 is 1.43 bits per heavy atom. The van der Waals surface area contributed by atoms with Gasteiger partial charge in [0.1, 0.15) is 0 Å². The van der Waals surface area contributed by atoms with Crippen molar-refractivity contribution in [3.8, 4) is 0 Å². The number of rotatable bonds is 8. The number of para-hydroxylation sites is 1. The summed E-state index contributed by atoms with van der Waals surface area (Å²) in [6, 6.07) is 37.1. The van der Waals surface area contributed by atoms with Gasteiger partial charge in [0.2, 0.25) is 0 Å². The second-order valence-electron chi connectivity index (χ2n) is 8.87. The van der Waals surface area contributed by atoms with E-state index in [1.54, 1.807) is 11.8 Å². The maximum Gasteiger partial charge on any atom is 0.266 e. The highest BCUT2D eigenvalue weighted by Crippen LogP contribution is 2.35. The maximum atomic E-state index is 13.4. The van der Waals surface area contributed by atoms with Crippen LogP contribution in [-0.4, -0.2) is 22.5 Å². The van der Waals surface area contributed by atoms with Crippen molar-refractivity contribution in [1.29, 1.82) is 0 Å². The normalized spacial score (nSPS) is 15.6. The van der Waals surface area contributed by atoms with Crippen molar-refractivity contribution in [3.05, 3.63) is 131 Å². The van der Waals surface area contributed by atoms with Gasteiger partial charge in [-0.2, -0.15) is 0 Å². The number of aliphatic imine (C=N–C) groups is 1. The van der Waals surface area contributed by atoms with Gasteiger partial charge in [-0.15, -0.1) is 0 Å². The lowest BCUT2D eigenvalue weighted by molar-refractivity contribution is -0.122. The standard InChI is InChI=1S/C32H28N2OS2/c1-24-14-18-28(19-15-24)36-29-20-16-26(17-21-29)23-30-31(35)34(22-8-11-25-9-4-2-5-10-25)32(37-30)33-27-12-6-3-7-13-27/h2-7,9-10,12-21,23H,8,11,22H2,1H3/b30-23-,33-32?. The summed E-state index contributed by atoms with van der Waals surface area (Å²) in [6.07, 6.45) is 3.78. The van der Waals surface area contributed by atoms with E-state index in [4.69, 9.17) is 4.99 Å². The smallest absolute Gasteiger partial charge is 0.266 e. The number of benzene rings is 4. The van der Waals surface area contributed by atoms with Gasteiger partial charge in [0.15, 0.2) is 5.17 Å². The van der Waals surface area contributed by atoms with E-state index >= 15 is 0 Å². The molecule has 0 aliphatic carbocycles. The minimum Gasteiger partial charge on any atom is -0.286 e. The van der Waals surface area contributed by atoms with Crippen molar-refractivity contribution in [3.63, 3.8) is 0 Å². The van der Waals surface area contributed by atoms with Crippen molar-refractivity contribution >= 4 is 46.4 Å². The average molecular weight is 521 g/mol. The van der Waals surface area contributed by atoms with E-state index < -0.39 is 0 Å². The summed E-state index contributed by atoms with van der Waals surface area (Å²) >= 11 is 3.19. The van der Waals surface area contributed by atoms with Crippen LogP contribution in [0, 0.1) is 6.92 Å². The summed E-state index contributed by atoms with van der Waals surface area (Å²) < 4.78 is 0. The zero-order valence-electron chi connectivity index (χ0n) is 20.7. The first kappa shape index (κ1) is 25.1. The first-order chi connectivity index (χ1) is 18.1. The van der Waals surface area contributed by atoms with Crippen molar-refractivity contribution < 1.29 is 4.79 Å². The summed E-state index contributed by atoms with van der Waals surface area (Å²) in [5.41, 5.74) is 4.40. The highest BCUT2D eigenvalue weighted by molar-refractivity contribution is 8.18.